The van der Waals surface area contributed by atoms with Gasteiger partial charge in [-0.25, -0.2) is 0 Å². The average Bonchev–Trinajstić information content (AvgIpc) is 3.23. The van der Waals surface area contributed by atoms with Crippen LogP contribution in [0.2, 0.25) is 0 Å². The molecule has 34 heavy (non-hydrogen) atoms. The summed E-state index contributed by atoms with van der Waals surface area (Å²) >= 11 is 0. The van der Waals surface area contributed by atoms with Gasteiger partial charge in [-0.2, -0.15) is 0 Å². The predicted molar refractivity (Wildman–Crippen MR) is 138 cm³/mol. The quantitative estimate of drug-likeness (QED) is 0.306. The molecular formula is C31H48O3. The number of fused-ring (bicyclic) bond motifs is 3. The summed E-state index contributed by atoms with van der Waals surface area (Å²) in [5, 5.41) is 0. The summed E-state index contributed by atoms with van der Waals surface area (Å²) in [7, 11) is 0. The van der Waals surface area contributed by atoms with E-state index >= 15 is 0 Å². The maximum Gasteiger partial charge on any atom is 0.166 e. The topological polar surface area (TPSA) is 47.3 Å². The Balaban J connectivity index is 1.18. The molecular weight excluding hydrogens is 420 g/mol. The van der Waals surface area contributed by atoms with Crippen molar-refractivity contribution in [2.75, 3.05) is 0 Å². The summed E-state index contributed by atoms with van der Waals surface area (Å²) in [5.74, 6) is 6.11. The van der Waals surface area contributed by atoms with Crippen molar-refractivity contribution in [2.24, 2.45) is 29.1 Å². The first kappa shape index (κ1) is 25.7. The third kappa shape index (κ3) is 6.43. The van der Waals surface area contributed by atoms with E-state index in [1.165, 1.54) is 56.9 Å². The van der Waals surface area contributed by atoms with E-state index in [1.54, 1.807) is 0 Å². The van der Waals surface area contributed by atoms with Crippen molar-refractivity contribution >= 4 is 11.6 Å². The molecule has 2 fully saturated rings. The van der Waals surface area contributed by atoms with Crippen LogP contribution in [0.25, 0.3) is 0 Å². The van der Waals surface area contributed by atoms with Gasteiger partial charge in [0.25, 0.3) is 0 Å². The van der Waals surface area contributed by atoms with Crippen molar-refractivity contribution in [2.45, 2.75) is 130 Å². The predicted octanol–water partition coefficient (Wildman–Crippen LogP) is 8.44. The molecule has 0 aliphatic heterocycles. The van der Waals surface area contributed by atoms with Crippen LogP contribution in [0.4, 0.5) is 0 Å². The smallest absolute Gasteiger partial charge is 0.166 e. The van der Waals surface area contributed by atoms with E-state index in [1.807, 2.05) is 6.92 Å². The SMILES string of the molecule is Cc1oc2c(c1C(=O)CCCC1C[C@H]3CC[C@@H](C1)C3CCCC(=O)CCC(C)(C)C)CCCC2. The molecule has 2 unspecified atom stereocenters. The highest BCUT2D eigenvalue weighted by Gasteiger charge is 2.41. The van der Waals surface area contributed by atoms with Gasteiger partial charge < -0.3 is 4.42 Å². The lowest BCUT2D eigenvalue weighted by Crippen LogP contribution is -2.26. The third-order valence-corrected chi connectivity index (χ3v) is 9.18. The summed E-state index contributed by atoms with van der Waals surface area (Å²) in [6.45, 7) is 8.64. The number of Topliss-reactive ketones (excluding diaryl/α,β-unsaturated/α-hetero) is 2. The van der Waals surface area contributed by atoms with Crippen molar-refractivity contribution in [1.29, 1.82) is 0 Å². The first-order chi connectivity index (χ1) is 16.2. The highest BCUT2D eigenvalue weighted by molar-refractivity contribution is 5.98. The van der Waals surface area contributed by atoms with Gasteiger partial charge in [0.15, 0.2) is 5.78 Å². The van der Waals surface area contributed by atoms with E-state index in [0.717, 1.165) is 85.7 Å². The zero-order valence-corrected chi connectivity index (χ0v) is 22.3. The van der Waals surface area contributed by atoms with Crippen LogP contribution in [-0.2, 0) is 17.6 Å². The second-order valence-electron chi connectivity index (χ2n) is 13.0. The minimum atomic E-state index is 0.258. The van der Waals surface area contributed by atoms with Gasteiger partial charge in [0.1, 0.15) is 17.3 Å². The Morgan fingerprint density at radius 3 is 2.29 bits per heavy atom. The molecule has 1 aromatic rings. The molecule has 0 spiro atoms. The fourth-order valence-corrected chi connectivity index (χ4v) is 7.40. The molecule has 3 aliphatic rings. The lowest BCUT2D eigenvalue weighted by atomic mass is 9.70. The molecule has 3 heteroatoms. The summed E-state index contributed by atoms with van der Waals surface area (Å²) < 4.78 is 5.94. The molecule has 190 valence electrons. The van der Waals surface area contributed by atoms with Crippen LogP contribution in [0.3, 0.4) is 0 Å². The van der Waals surface area contributed by atoms with Crippen LogP contribution >= 0.6 is 0 Å². The number of rotatable bonds is 11. The third-order valence-electron chi connectivity index (χ3n) is 9.18. The molecule has 0 radical (unpaired) electrons. The van der Waals surface area contributed by atoms with Crippen molar-refractivity contribution in [3.8, 4) is 0 Å². The van der Waals surface area contributed by atoms with Gasteiger partial charge in [0.05, 0.1) is 5.56 Å². The number of carbonyl (C=O) groups excluding carboxylic acids is 2. The van der Waals surface area contributed by atoms with Gasteiger partial charge in [0.2, 0.25) is 0 Å². The molecule has 0 aromatic carbocycles. The van der Waals surface area contributed by atoms with Gasteiger partial charge in [-0.1, -0.05) is 20.8 Å². The van der Waals surface area contributed by atoms with Crippen LogP contribution in [0.15, 0.2) is 4.42 Å². The van der Waals surface area contributed by atoms with E-state index < -0.39 is 0 Å². The van der Waals surface area contributed by atoms with Crippen molar-refractivity contribution in [3.63, 3.8) is 0 Å². The van der Waals surface area contributed by atoms with E-state index in [0.29, 0.717) is 18.0 Å². The monoisotopic (exact) mass is 468 g/mol. The number of carbonyl (C=O) groups is 2. The Morgan fingerprint density at radius 1 is 0.912 bits per heavy atom. The fraction of sp³-hybridized carbons (Fsp3) is 0.806. The number of hydrogen-bond acceptors (Lipinski definition) is 3. The second kappa shape index (κ2) is 11.1. The number of hydrogen-bond donors (Lipinski definition) is 0. The van der Waals surface area contributed by atoms with Crippen LogP contribution in [0, 0.1) is 36.0 Å². The van der Waals surface area contributed by atoms with Gasteiger partial charge in [-0.15, -0.1) is 0 Å². The summed E-state index contributed by atoms with van der Waals surface area (Å²) in [6, 6.07) is 0. The molecule has 3 nitrogen and oxygen atoms in total. The molecule has 0 amide bonds. The average molecular weight is 469 g/mol. The molecule has 3 aliphatic carbocycles. The fourth-order valence-electron chi connectivity index (χ4n) is 7.40. The van der Waals surface area contributed by atoms with Gasteiger partial charge in [-0.3, -0.25) is 9.59 Å². The maximum absolute atomic E-state index is 13.0. The molecule has 2 bridgehead atoms. The maximum atomic E-state index is 13.0. The second-order valence-corrected chi connectivity index (χ2v) is 13.0. The van der Waals surface area contributed by atoms with E-state index in [2.05, 4.69) is 20.8 Å². The normalized spacial score (nSPS) is 26.5. The van der Waals surface area contributed by atoms with E-state index in [-0.39, 0.29) is 5.41 Å². The van der Waals surface area contributed by atoms with Crippen molar-refractivity contribution < 1.29 is 14.0 Å². The molecule has 1 heterocycles. The summed E-state index contributed by atoms with van der Waals surface area (Å²) in [6.07, 6.45) is 17.7. The Labute approximate surface area is 207 Å². The lowest BCUT2D eigenvalue weighted by Gasteiger charge is -2.35. The Bertz CT molecular complexity index is 841. The molecule has 4 atom stereocenters. The van der Waals surface area contributed by atoms with E-state index in [9.17, 15) is 9.59 Å². The van der Waals surface area contributed by atoms with Crippen molar-refractivity contribution in [3.05, 3.63) is 22.6 Å². The van der Waals surface area contributed by atoms with Crippen LogP contribution in [0.1, 0.15) is 138 Å². The van der Waals surface area contributed by atoms with Crippen LogP contribution < -0.4 is 0 Å². The van der Waals surface area contributed by atoms with E-state index in [4.69, 9.17) is 4.42 Å². The van der Waals surface area contributed by atoms with Crippen LogP contribution in [0.5, 0.6) is 0 Å². The van der Waals surface area contributed by atoms with Gasteiger partial charge in [0, 0.05) is 31.2 Å². The summed E-state index contributed by atoms with van der Waals surface area (Å²) in [5.41, 5.74) is 2.41. The lowest BCUT2D eigenvalue weighted by molar-refractivity contribution is -0.119. The highest BCUT2D eigenvalue weighted by Crippen LogP contribution is 2.52. The van der Waals surface area contributed by atoms with Crippen LogP contribution in [-0.4, -0.2) is 11.6 Å². The van der Waals surface area contributed by atoms with Crippen molar-refractivity contribution in [1.82, 2.24) is 0 Å². The molecule has 0 N–H and O–H groups in total. The molecule has 0 saturated heterocycles. The number of aryl methyl sites for hydroxylation is 2. The standard InChI is InChI=1S/C31H48O3/c1-21-30(27-11-5-6-14-29(27)34-21)28(33)13-7-9-22-19-23-15-16-24(20-22)26(23)12-8-10-25(32)17-18-31(2,3)4/h22-24,26H,5-20H2,1-4H3/t22?,23-,24+,26?. The number of furan rings is 1. The molecule has 4 rings (SSSR count). The van der Waals surface area contributed by atoms with Gasteiger partial charge in [-0.05, 0) is 113 Å². The largest absolute Gasteiger partial charge is 0.465 e. The first-order valence-electron chi connectivity index (χ1n) is 14.4. The Hall–Kier alpha value is -1.38. The molecule has 2 saturated carbocycles. The minimum absolute atomic E-state index is 0.258. The molecule has 1 aromatic heterocycles. The van der Waals surface area contributed by atoms with Gasteiger partial charge >= 0.3 is 0 Å². The Morgan fingerprint density at radius 2 is 1.59 bits per heavy atom. The zero-order chi connectivity index (χ0) is 24.3. The Kier molecular flexibility index (Phi) is 8.41. The number of ketones is 2. The minimum Gasteiger partial charge on any atom is -0.465 e. The summed E-state index contributed by atoms with van der Waals surface area (Å²) in [4.78, 5) is 25.3. The highest BCUT2D eigenvalue weighted by atomic mass is 16.3. The first-order valence-corrected chi connectivity index (χ1v) is 14.4. The zero-order valence-electron chi connectivity index (χ0n) is 22.3.